The van der Waals surface area contributed by atoms with Gasteiger partial charge >= 0.3 is 11.8 Å². The molecule has 0 bridgehead atoms. The SMILES string of the molecule is O=C(NCc1ccc2c(c1)OCO2)c1nc(-c2cccs2)no1. The monoisotopic (exact) mass is 329 g/mol. The minimum Gasteiger partial charge on any atom is -0.454 e. The first kappa shape index (κ1) is 13.8. The summed E-state index contributed by atoms with van der Waals surface area (Å²) in [6, 6.07) is 9.25. The fourth-order valence-electron chi connectivity index (χ4n) is 2.13. The highest BCUT2D eigenvalue weighted by Crippen LogP contribution is 2.32. The average Bonchev–Trinajstić information content (AvgIpc) is 3.32. The van der Waals surface area contributed by atoms with Crippen LogP contribution in [0.3, 0.4) is 0 Å². The van der Waals surface area contributed by atoms with Gasteiger partial charge in [-0.2, -0.15) is 4.98 Å². The van der Waals surface area contributed by atoms with E-state index in [0.29, 0.717) is 23.9 Å². The fourth-order valence-corrected chi connectivity index (χ4v) is 2.78. The molecule has 3 aromatic rings. The number of aromatic nitrogens is 2. The molecule has 0 saturated carbocycles. The predicted octanol–water partition coefficient (Wildman–Crippen LogP) is 2.46. The standard InChI is InChI=1S/C15H11N3O4S/c19-14(15-17-13(18-22-15)12-2-1-5-23-12)16-7-9-3-4-10-11(6-9)21-8-20-10/h1-6H,7-8H2,(H,16,19). The van der Waals surface area contributed by atoms with Crippen molar-refractivity contribution in [2.24, 2.45) is 0 Å². The second-order valence-corrected chi connectivity index (χ2v) is 5.72. The molecule has 7 nitrogen and oxygen atoms in total. The highest BCUT2D eigenvalue weighted by atomic mass is 32.1. The molecule has 3 heterocycles. The maximum atomic E-state index is 12.1. The van der Waals surface area contributed by atoms with Crippen molar-refractivity contribution in [3.05, 3.63) is 47.2 Å². The van der Waals surface area contributed by atoms with Gasteiger partial charge in [-0.15, -0.1) is 11.3 Å². The van der Waals surface area contributed by atoms with E-state index in [2.05, 4.69) is 15.5 Å². The van der Waals surface area contributed by atoms with E-state index in [0.717, 1.165) is 10.4 Å². The van der Waals surface area contributed by atoms with Gasteiger partial charge in [0, 0.05) is 6.54 Å². The lowest BCUT2D eigenvalue weighted by atomic mass is 10.2. The molecule has 1 amide bonds. The Morgan fingerprint density at radius 2 is 2.17 bits per heavy atom. The molecular weight excluding hydrogens is 318 g/mol. The van der Waals surface area contributed by atoms with Gasteiger partial charge in [0.25, 0.3) is 0 Å². The highest BCUT2D eigenvalue weighted by molar-refractivity contribution is 7.13. The first-order chi connectivity index (χ1) is 11.3. The maximum absolute atomic E-state index is 12.1. The van der Waals surface area contributed by atoms with Gasteiger partial charge < -0.3 is 19.3 Å². The van der Waals surface area contributed by atoms with E-state index < -0.39 is 5.91 Å². The lowest BCUT2D eigenvalue weighted by molar-refractivity contribution is 0.0907. The minimum absolute atomic E-state index is 0.0610. The topological polar surface area (TPSA) is 86.5 Å². The van der Waals surface area contributed by atoms with Gasteiger partial charge in [-0.3, -0.25) is 4.79 Å². The van der Waals surface area contributed by atoms with E-state index in [1.165, 1.54) is 11.3 Å². The zero-order chi connectivity index (χ0) is 15.6. The zero-order valence-electron chi connectivity index (χ0n) is 11.8. The molecule has 0 unspecified atom stereocenters. The average molecular weight is 329 g/mol. The zero-order valence-corrected chi connectivity index (χ0v) is 12.6. The van der Waals surface area contributed by atoms with E-state index in [1.807, 2.05) is 35.7 Å². The van der Waals surface area contributed by atoms with E-state index >= 15 is 0 Å². The van der Waals surface area contributed by atoms with Crippen LogP contribution >= 0.6 is 11.3 Å². The van der Waals surface area contributed by atoms with Crippen LogP contribution in [0.4, 0.5) is 0 Å². The third kappa shape index (κ3) is 2.76. The number of carbonyl (C=O) groups is 1. The summed E-state index contributed by atoms with van der Waals surface area (Å²) in [5.74, 6) is 1.31. The Balaban J connectivity index is 1.42. The molecule has 1 N–H and O–H groups in total. The molecule has 4 rings (SSSR count). The smallest absolute Gasteiger partial charge is 0.316 e. The molecule has 0 radical (unpaired) electrons. The Labute approximate surface area is 134 Å². The Hall–Kier alpha value is -2.87. The predicted molar refractivity (Wildman–Crippen MR) is 81.3 cm³/mol. The second-order valence-electron chi connectivity index (χ2n) is 4.77. The molecule has 23 heavy (non-hydrogen) atoms. The summed E-state index contributed by atoms with van der Waals surface area (Å²) >= 11 is 1.48. The molecule has 116 valence electrons. The number of hydrogen-bond acceptors (Lipinski definition) is 7. The summed E-state index contributed by atoms with van der Waals surface area (Å²) in [5.41, 5.74) is 0.889. The number of rotatable bonds is 4. The van der Waals surface area contributed by atoms with Gasteiger partial charge in [0.2, 0.25) is 12.6 Å². The van der Waals surface area contributed by atoms with Gasteiger partial charge in [0.15, 0.2) is 11.5 Å². The third-order valence-corrected chi connectivity index (χ3v) is 4.12. The van der Waals surface area contributed by atoms with Crippen molar-refractivity contribution >= 4 is 17.2 Å². The van der Waals surface area contributed by atoms with Gasteiger partial charge in [-0.05, 0) is 29.1 Å². The number of thiophene rings is 1. The number of nitrogens with zero attached hydrogens (tertiary/aromatic N) is 2. The molecule has 0 spiro atoms. The lowest BCUT2D eigenvalue weighted by Gasteiger charge is -2.03. The van der Waals surface area contributed by atoms with Crippen molar-refractivity contribution in [3.8, 4) is 22.2 Å². The van der Waals surface area contributed by atoms with Gasteiger partial charge in [0.05, 0.1) is 4.88 Å². The summed E-state index contributed by atoms with van der Waals surface area (Å²) in [7, 11) is 0. The van der Waals surface area contributed by atoms with Crippen LogP contribution in [0.1, 0.15) is 16.2 Å². The fraction of sp³-hybridized carbons (Fsp3) is 0.133. The Kier molecular flexibility index (Phi) is 3.43. The molecule has 1 aliphatic heterocycles. The van der Waals surface area contributed by atoms with Gasteiger partial charge in [-0.25, -0.2) is 0 Å². The first-order valence-corrected chi connectivity index (χ1v) is 7.72. The number of carbonyl (C=O) groups excluding carboxylic acids is 1. The molecule has 0 aliphatic carbocycles. The van der Waals surface area contributed by atoms with Gasteiger partial charge in [-0.1, -0.05) is 17.3 Å². The number of hydrogen-bond donors (Lipinski definition) is 1. The molecule has 2 aromatic heterocycles. The lowest BCUT2D eigenvalue weighted by Crippen LogP contribution is -2.23. The van der Waals surface area contributed by atoms with Crippen LogP contribution in [0, 0.1) is 0 Å². The summed E-state index contributed by atoms with van der Waals surface area (Å²) in [6.45, 7) is 0.546. The van der Waals surface area contributed by atoms with E-state index in [-0.39, 0.29) is 12.7 Å². The van der Waals surface area contributed by atoms with E-state index in [9.17, 15) is 4.79 Å². The molecule has 0 saturated heterocycles. The van der Waals surface area contributed by atoms with Crippen molar-refractivity contribution in [1.29, 1.82) is 0 Å². The molecule has 0 atom stereocenters. The maximum Gasteiger partial charge on any atom is 0.316 e. The van der Waals surface area contributed by atoms with E-state index in [1.54, 1.807) is 0 Å². The molecule has 0 fully saturated rings. The van der Waals surface area contributed by atoms with Crippen molar-refractivity contribution in [2.45, 2.75) is 6.54 Å². The van der Waals surface area contributed by atoms with Crippen LogP contribution in [-0.4, -0.2) is 22.8 Å². The largest absolute Gasteiger partial charge is 0.454 e. The Morgan fingerprint density at radius 1 is 1.26 bits per heavy atom. The number of benzene rings is 1. The quantitative estimate of drug-likeness (QED) is 0.791. The number of nitrogens with one attached hydrogen (secondary N) is 1. The summed E-state index contributed by atoms with van der Waals surface area (Å²) in [5, 5.41) is 8.45. The normalized spacial score (nSPS) is 12.3. The van der Waals surface area contributed by atoms with Crippen LogP contribution in [0.15, 0.2) is 40.2 Å². The summed E-state index contributed by atoms with van der Waals surface area (Å²) in [4.78, 5) is 17.0. The Bertz CT molecular complexity index is 844. The molecule has 8 heteroatoms. The molecule has 1 aliphatic rings. The summed E-state index contributed by atoms with van der Waals surface area (Å²) in [6.07, 6.45) is 0. The summed E-state index contributed by atoms with van der Waals surface area (Å²) < 4.78 is 15.5. The third-order valence-electron chi connectivity index (χ3n) is 3.25. The van der Waals surface area contributed by atoms with Crippen LogP contribution in [0.5, 0.6) is 11.5 Å². The van der Waals surface area contributed by atoms with Crippen molar-refractivity contribution in [2.75, 3.05) is 6.79 Å². The highest BCUT2D eigenvalue weighted by Gasteiger charge is 2.17. The van der Waals surface area contributed by atoms with Crippen LogP contribution < -0.4 is 14.8 Å². The van der Waals surface area contributed by atoms with Crippen molar-refractivity contribution in [3.63, 3.8) is 0 Å². The van der Waals surface area contributed by atoms with Crippen LogP contribution in [-0.2, 0) is 6.54 Å². The van der Waals surface area contributed by atoms with Crippen molar-refractivity contribution < 1.29 is 18.8 Å². The minimum atomic E-state index is -0.419. The number of fused-ring (bicyclic) bond motifs is 1. The number of ether oxygens (including phenoxy) is 2. The first-order valence-electron chi connectivity index (χ1n) is 6.84. The van der Waals surface area contributed by atoms with Crippen LogP contribution in [0.25, 0.3) is 10.7 Å². The molecular formula is C15H11N3O4S. The number of amides is 1. The van der Waals surface area contributed by atoms with E-state index in [4.69, 9.17) is 14.0 Å². The van der Waals surface area contributed by atoms with Gasteiger partial charge in [0.1, 0.15) is 0 Å². The Morgan fingerprint density at radius 3 is 3.04 bits per heavy atom. The van der Waals surface area contributed by atoms with Crippen molar-refractivity contribution in [1.82, 2.24) is 15.5 Å². The second kappa shape index (κ2) is 5.73. The molecule has 1 aromatic carbocycles. The van der Waals surface area contributed by atoms with Crippen LogP contribution in [0.2, 0.25) is 0 Å².